The number of rotatable bonds is 5. The SMILES string of the molecule is CCOC(=O)c1c(NC(=O)c2c(Br)c(C(F)(F)F)nn2C)sc(C(C)=O)c1C. The summed E-state index contributed by atoms with van der Waals surface area (Å²) >= 11 is 3.61. The molecule has 0 aliphatic rings. The van der Waals surface area contributed by atoms with E-state index in [1.807, 2.05) is 0 Å². The number of aryl methyl sites for hydroxylation is 1. The van der Waals surface area contributed by atoms with Crippen LogP contribution < -0.4 is 5.32 Å². The maximum atomic E-state index is 13.0. The molecule has 0 bridgehead atoms. The van der Waals surface area contributed by atoms with Gasteiger partial charge in [0.05, 0.1) is 21.5 Å². The molecular formula is C16H15BrF3N3O4S. The molecule has 152 valence electrons. The summed E-state index contributed by atoms with van der Waals surface area (Å²) in [6.45, 7) is 4.48. The van der Waals surface area contributed by atoms with Crippen LogP contribution in [0.2, 0.25) is 0 Å². The van der Waals surface area contributed by atoms with Gasteiger partial charge in [0, 0.05) is 7.05 Å². The zero-order valence-electron chi connectivity index (χ0n) is 15.2. The predicted octanol–water partition coefficient (Wildman–Crippen LogP) is 4.20. The van der Waals surface area contributed by atoms with Crippen LogP contribution >= 0.6 is 27.3 Å². The van der Waals surface area contributed by atoms with Crippen LogP contribution in [-0.4, -0.2) is 34.0 Å². The Morgan fingerprint density at radius 1 is 1.32 bits per heavy atom. The summed E-state index contributed by atoms with van der Waals surface area (Å²) in [7, 11) is 1.18. The average Bonchev–Trinajstić information content (AvgIpc) is 3.04. The van der Waals surface area contributed by atoms with E-state index in [-0.39, 0.29) is 27.8 Å². The number of hydrogen-bond donors (Lipinski definition) is 1. The lowest BCUT2D eigenvalue weighted by Gasteiger charge is -2.08. The van der Waals surface area contributed by atoms with E-state index in [9.17, 15) is 27.6 Å². The van der Waals surface area contributed by atoms with Gasteiger partial charge in [-0.3, -0.25) is 14.3 Å². The molecule has 1 N–H and O–H groups in total. The molecule has 0 saturated heterocycles. The number of aromatic nitrogens is 2. The van der Waals surface area contributed by atoms with Crippen molar-refractivity contribution in [1.82, 2.24) is 9.78 Å². The first-order valence-electron chi connectivity index (χ1n) is 7.82. The zero-order chi connectivity index (χ0) is 21.4. The van der Waals surface area contributed by atoms with Crippen LogP contribution in [0.3, 0.4) is 0 Å². The molecule has 12 heteroatoms. The Bertz CT molecular complexity index is 965. The largest absolute Gasteiger partial charge is 0.462 e. The number of carbonyl (C=O) groups is 3. The number of ketones is 1. The molecule has 1 amide bonds. The summed E-state index contributed by atoms with van der Waals surface area (Å²) in [6, 6.07) is 0. The molecule has 0 aromatic carbocycles. The lowest BCUT2D eigenvalue weighted by Crippen LogP contribution is -2.18. The summed E-state index contributed by atoms with van der Waals surface area (Å²) in [5, 5.41) is 5.73. The van der Waals surface area contributed by atoms with E-state index in [2.05, 4.69) is 26.3 Å². The van der Waals surface area contributed by atoms with Crippen molar-refractivity contribution in [3.05, 3.63) is 31.9 Å². The zero-order valence-corrected chi connectivity index (χ0v) is 17.6. The van der Waals surface area contributed by atoms with Crippen molar-refractivity contribution >= 4 is 49.9 Å². The van der Waals surface area contributed by atoms with Crippen molar-refractivity contribution in [2.45, 2.75) is 26.9 Å². The molecule has 0 spiro atoms. The number of alkyl halides is 3. The lowest BCUT2D eigenvalue weighted by atomic mass is 10.1. The van der Waals surface area contributed by atoms with Crippen molar-refractivity contribution in [1.29, 1.82) is 0 Å². The van der Waals surface area contributed by atoms with Crippen molar-refractivity contribution in [2.24, 2.45) is 7.05 Å². The quantitative estimate of drug-likeness (QED) is 0.510. The number of carbonyl (C=O) groups excluding carboxylic acids is 3. The summed E-state index contributed by atoms with van der Waals surface area (Å²) in [4.78, 5) is 36.9. The second-order valence-electron chi connectivity index (χ2n) is 5.62. The van der Waals surface area contributed by atoms with Crippen molar-refractivity contribution in [3.63, 3.8) is 0 Å². The fourth-order valence-corrected chi connectivity index (χ4v) is 4.30. The minimum atomic E-state index is -4.76. The Morgan fingerprint density at radius 2 is 1.93 bits per heavy atom. The van der Waals surface area contributed by atoms with Gasteiger partial charge in [-0.05, 0) is 42.3 Å². The van der Waals surface area contributed by atoms with E-state index < -0.39 is 33.9 Å². The highest BCUT2D eigenvalue weighted by Crippen LogP contribution is 2.37. The average molecular weight is 482 g/mol. The van der Waals surface area contributed by atoms with Crippen LogP contribution in [0, 0.1) is 6.92 Å². The van der Waals surface area contributed by atoms with Crippen LogP contribution in [0.25, 0.3) is 0 Å². The molecule has 0 radical (unpaired) electrons. The van der Waals surface area contributed by atoms with Gasteiger partial charge in [-0.25, -0.2) is 4.79 Å². The van der Waals surface area contributed by atoms with Crippen LogP contribution in [0.4, 0.5) is 18.2 Å². The summed E-state index contributed by atoms with van der Waals surface area (Å²) < 4.78 is 44.2. The van der Waals surface area contributed by atoms with E-state index in [0.717, 1.165) is 16.0 Å². The summed E-state index contributed by atoms with van der Waals surface area (Å²) in [6.07, 6.45) is -4.76. The molecule has 0 aliphatic carbocycles. The van der Waals surface area contributed by atoms with E-state index >= 15 is 0 Å². The van der Waals surface area contributed by atoms with Gasteiger partial charge in [0.15, 0.2) is 11.5 Å². The van der Waals surface area contributed by atoms with Gasteiger partial charge < -0.3 is 10.1 Å². The molecule has 0 unspecified atom stereocenters. The number of Topliss-reactive ketones (excluding diaryl/α,β-unsaturated/α-hetero) is 1. The normalized spacial score (nSPS) is 11.4. The van der Waals surface area contributed by atoms with Gasteiger partial charge in [0.2, 0.25) is 0 Å². The Morgan fingerprint density at radius 3 is 2.39 bits per heavy atom. The molecule has 0 aliphatic heterocycles. The maximum Gasteiger partial charge on any atom is 0.436 e. The van der Waals surface area contributed by atoms with Gasteiger partial charge >= 0.3 is 12.1 Å². The Labute approximate surface area is 170 Å². The van der Waals surface area contributed by atoms with Crippen LogP contribution in [0.1, 0.15) is 55.6 Å². The molecular weight excluding hydrogens is 467 g/mol. The van der Waals surface area contributed by atoms with Gasteiger partial charge in [0.25, 0.3) is 5.91 Å². The number of nitrogens with zero attached hydrogens (tertiary/aromatic N) is 2. The van der Waals surface area contributed by atoms with E-state index in [4.69, 9.17) is 4.74 Å². The van der Waals surface area contributed by atoms with E-state index in [1.165, 1.54) is 20.9 Å². The smallest absolute Gasteiger partial charge is 0.436 e. The number of amides is 1. The molecule has 7 nitrogen and oxygen atoms in total. The van der Waals surface area contributed by atoms with E-state index in [1.54, 1.807) is 6.92 Å². The highest BCUT2D eigenvalue weighted by molar-refractivity contribution is 9.10. The number of hydrogen-bond acceptors (Lipinski definition) is 6. The highest BCUT2D eigenvalue weighted by atomic mass is 79.9. The highest BCUT2D eigenvalue weighted by Gasteiger charge is 2.39. The number of anilines is 1. The van der Waals surface area contributed by atoms with Gasteiger partial charge in [-0.15, -0.1) is 11.3 Å². The second kappa shape index (κ2) is 8.03. The van der Waals surface area contributed by atoms with Crippen LogP contribution in [0.15, 0.2) is 4.47 Å². The Hall–Kier alpha value is -2.21. The van der Waals surface area contributed by atoms with Crippen LogP contribution in [-0.2, 0) is 18.0 Å². The first-order valence-corrected chi connectivity index (χ1v) is 9.43. The molecule has 2 heterocycles. The van der Waals surface area contributed by atoms with Gasteiger partial charge in [-0.2, -0.15) is 18.3 Å². The number of esters is 1. The summed E-state index contributed by atoms with van der Waals surface area (Å²) in [5.41, 5.74) is -1.33. The maximum absolute atomic E-state index is 13.0. The minimum absolute atomic E-state index is 0.00723. The Balaban J connectivity index is 2.50. The second-order valence-corrected chi connectivity index (χ2v) is 7.44. The van der Waals surface area contributed by atoms with Gasteiger partial charge in [-0.1, -0.05) is 0 Å². The standard InChI is InChI=1S/C16H15BrF3N3O4S/c1-5-27-15(26)8-6(2)11(7(3)24)28-14(8)21-13(25)10-9(17)12(16(18,19)20)22-23(10)4/h5H2,1-4H3,(H,21,25). The topological polar surface area (TPSA) is 90.3 Å². The van der Waals surface area contributed by atoms with Gasteiger partial charge in [0.1, 0.15) is 10.7 Å². The molecule has 2 aromatic rings. The fraction of sp³-hybridized carbons (Fsp3) is 0.375. The molecule has 0 atom stereocenters. The number of ether oxygens (including phenoxy) is 1. The first-order chi connectivity index (χ1) is 12.9. The molecule has 28 heavy (non-hydrogen) atoms. The molecule has 0 fully saturated rings. The molecule has 2 aromatic heterocycles. The lowest BCUT2D eigenvalue weighted by molar-refractivity contribution is -0.142. The summed E-state index contributed by atoms with van der Waals surface area (Å²) in [5.74, 6) is -2.01. The first kappa shape index (κ1) is 22.1. The predicted molar refractivity (Wildman–Crippen MR) is 98.9 cm³/mol. The third kappa shape index (κ3) is 4.12. The third-order valence-electron chi connectivity index (χ3n) is 3.65. The Kier molecular flexibility index (Phi) is 6.34. The number of halogens is 4. The van der Waals surface area contributed by atoms with Crippen LogP contribution in [0.5, 0.6) is 0 Å². The molecule has 2 rings (SSSR count). The number of nitrogens with one attached hydrogen (secondary N) is 1. The monoisotopic (exact) mass is 481 g/mol. The fourth-order valence-electron chi connectivity index (χ4n) is 2.47. The van der Waals surface area contributed by atoms with Crippen molar-refractivity contribution in [2.75, 3.05) is 11.9 Å². The minimum Gasteiger partial charge on any atom is -0.462 e. The van der Waals surface area contributed by atoms with Crippen molar-refractivity contribution in [3.8, 4) is 0 Å². The van der Waals surface area contributed by atoms with Crippen molar-refractivity contribution < 1.29 is 32.3 Å². The third-order valence-corrected chi connectivity index (χ3v) is 5.71. The number of thiophene rings is 1. The molecule has 0 saturated carbocycles. The van der Waals surface area contributed by atoms with E-state index in [0.29, 0.717) is 5.56 Å².